The van der Waals surface area contributed by atoms with Crippen LogP contribution in [0.15, 0.2) is 59.5 Å². The third-order valence-electron chi connectivity index (χ3n) is 7.59. The van der Waals surface area contributed by atoms with Gasteiger partial charge in [0.05, 0.1) is 4.91 Å². The van der Waals surface area contributed by atoms with Crippen LogP contribution in [0.2, 0.25) is 5.02 Å². The number of amides is 1. The molecule has 0 radical (unpaired) electrons. The monoisotopic (exact) mass is 519 g/mol. The normalized spacial score (nSPS) is 23.5. The van der Waals surface area contributed by atoms with Crippen LogP contribution in [0.5, 0.6) is 0 Å². The Morgan fingerprint density at radius 1 is 1.03 bits per heavy atom. The first-order valence-corrected chi connectivity index (χ1v) is 14.1. The van der Waals surface area contributed by atoms with Gasteiger partial charge in [-0.3, -0.25) is 4.79 Å². The van der Waals surface area contributed by atoms with Crippen molar-refractivity contribution in [1.82, 2.24) is 9.47 Å². The molecule has 36 heavy (non-hydrogen) atoms. The number of benzene rings is 2. The second-order valence-electron chi connectivity index (χ2n) is 10.1. The first kappa shape index (κ1) is 25.0. The van der Waals surface area contributed by atoms with E-state index in [0.717, 1.165) is 50.2 Å². The molecule has 2 aliphatic rings. The molecule has 5 rings (SSSR count). The van der Waals surface area contributed by atoms with E-state index >= 15 is 0 Å². The second-order valence-corrected chi connectivity index (χ2v) is 11.7. The zero-order valence-corrected chi connectivity index (χ0v) is 23.0. The Hall–Kier alpha value is -2.63. The Morgan fingerprint density at radius 3 is 2.50 bits per heavy atom. The molecule has 1 saturated heterocycles. The average Bonchev–Trinajstić information content (AvgIpc) is 3.31. The Bertz CT molecular complexity index is 1300. The molecule has 1 amide bonds. The van der Waals surface area contributed by atoms with Gasteiger partial charge in [0.15, 0.2) is 5.50 Å². The molecule has 1 N–H and O–H groups in total. The van der Waals surface area contributed by atoms with Gasteiger partial charge in [-0.25, -0.2) is 0 Å². The molecule has 1 aliphatic carbocycles. The van der Waals surface area contributed by atoms with Crippen molar-refractivity contribution in [1.29, 1.82) is 0 Å². The van der Waals surface area contributed by atoms with Crippen molar-refractivity contribution in [3.05, 3.63) is 87.0 Å². The predicted octanol–water partition coefficient (Wildman–Crippen LogP) is 7.95. The van der Waals surface area contributed by atoms with Gasteiger partial charge >= 0.3 is 0 Å². The summed E-state index contributed by atoms with van der Waals surface area (Å²) in [6, 6.07) is 18.8. The average molecular weight is 520 g/mol. The molecule has 2 fully saturated rings. The largest absolute Gasteiger partial charge is 0.356 e. The van der Waals surface area contributed by atoms with Crippen LogP contribution in [-0.2, 0) is 4.79 Å². The van der Waals surface area contributed by atoms with E-state index in [1.165, 1.54) is 19.3 Å². The van der Waals surface area contributed by atoms with Crippen molar-refractivity contribution in [2.45, 2.75) is 64.9 Å². The van der Waals surface area contributed by atoms with Crippen LogP contribution in [0.25, 0.3) is 11.8 Å². The quantitative estimate of drug-likeness (QED) is 0.347. The van der Waals surface area contributed by atoms with Gasteiger partial charge in [0, 0.05) is 33.8 Å². The maximum absolute atomic E-state index is 13.9. The van der Waals surface area contributed by atoms with Gasteiger partial charge in [0.1, 0.15) is 0 Å². The zero-order valence-electron chi connectivity index (χ0n) is 21.4. The third-order valence-corrected chi connectivity index (χ3v) is 9.12. The molecule has 2 heterocycles. The van der Waals surface area contributed by atoms with E-state index in [-0.39, 0.29) is 17.4 Å². The Kier molecular flexibility index (Phi) is 7.23. The maximum Gasteiger partial charge on any atom is 0.262 e. The number of nitrogens with zero attached hydrogens (tertiary/aromatic N) is 2. The Balaban J connectivity index is 1.49. The van der Waals surface area contributed by atoms with Crippen LogP contribution in [0.4, 0.5) is 5.69 Å². The lowest BCUT2D eigenvalue weighted by Gasteiger charge is -2.39. The number of rotatable bonds is 5. The molecule has 1 saturated carbocycles. The molecular weight excluding hydrogens is 486 g/mol. The van der Waals surface area contributed by atoms with Crippen molar-refractivity contribution in [2.75, 3.05) is 5.32 Å². The van der Waals surface area contributed by atoms with Crippen molar-refractivity contribution < 1.29 is 4.79 Å². The molecule has 0 bridgehead atoms. The van der Waals surface area contributed by atoms with Gasteiger partial charge in [0.2, 0.25) is 0 Å². The summed E-state index contributed by atoms with van der Waals surface area (Å²) >= 11 is 8.06. The van der Waals surface area contributed by atoms with Gasteiger partial charge in [-0.05, 0) is 87.1 Å². The molecule has 3 aromatic rings. The van der Waals surface area contributed by atoms with E-state index in [4.69, 9.17) is 11.6 Å². The van der Waals surface area contributed by atoms with Crippen molar-refractivity contribution >= 4 is 41.0 Å². The standard InChI is InChI=1S/C30H34ClN3OS/c1-19-14-15-25(18-26(19)31)33-21(3)16-23(22(33)4)17-28-29(35)34(27-13-9-8-10-20(27)2)30(36-28)32-24-11-6-5-7-12-24/h5-7,11-12,14-18,20,27,30,32H,8-10,13H2,1-4H3/b28-17-/t20-,27-,30?/m0/s1. The molecule has 6 heteroatoms. The topological polar surface area (TPSA) is 37.3 Å². The number of carbonyl (C=O) groups excluding carboxylic acids is 1. The van der Waals surface area contributed by atoms with Gasteiger partial charge < -0.3 is 14.8 Å². The van der Waals surface area contributed by atoms with E-state index in [0.29, 0.717) is 5.92 Å². The summed E-state index contributed by atoms with van der Waals surface area (Å²) in [6.07, 6.45) is 6.75. The van der Waals surface area contributed by atoms with E-state index in [9.17, 15) is 4.79 Å². The highest BCUT2D eigenvalue weighted by Crippen LogP contribution is 2.42. The van der Waals surface area contributed by atoms with Crippen LogP contribution in [-0.4, -0.2) is 26.9 Å². The van der Waals surface area contributed by atoms with Crippen LogP contribution in [0, 0.1) is 26.7 Å². The van der Waals surface area contributed by atoms with E-state index < -0.39 is 0 Å². The van der Waals surface area contributed by atoms with E-state index in [2.05, 4.69) is 65.9 Å². The number of aromatic nitrogens is 1. The number of para-hydroxylation sites is 1. The molecular formula is C30H34ClN3OS. The number of thioether (sulfide) groups is 1. The lowest BCUT2D eigenvalue weighted by molar-refractivity contribution is -0.129. The summed E-state index contributed by atoms with van der Waals surface area (Å²) in [5, 5.41) is 4.39. The Labute approximate surface area is 223 Å². The number of carbonyl (C=O) groups is 1. The van der Waals surface area contributed by atoms with Crippen molar-refractivity contribution in [3.63, 3.8) is 0 Å². The highest BCUT2D eigenvalue weighted by atomic mass is 35.5. The van der Waals surface area contributed by atoms with E-state index in [1.54, 1.807) is 11.8 Å². The van der Waals surface area contributed by atoms with Gasteiger partial charge in [-0.2, -0.15) is 0 Å². The fourth-order valence-electron chi connectivity index (χ4n) is 5.56. The minimum absolute atomic E-state index is 0.115. The van der Waals surface area contributed by atoms with Gasteiger partial charge in [-0.1, -0.05) is 67.4 Å². The Morgan fingerprint density at radius 2 is 1.78 bits per heavy atom. The maximum atomic E-state index is 13.9. The molecule has 4 nitrogen and oxygen atoms in total. The summed E-state index contributed by atoms with van der Waals surface area (Å²) in [5.74, 6) is 0.634. The lowest BCUT2D eigenvalue weighted by atomic mass is 9.85. The SMILES string of the molecule is Cc1ccc(-n2c(C)cc(/C=C3\SC(Nc4ccccc4)N([C@H]4CCCC[C@@H]4C)C3=O)c2C)cc1Cl. The van der Waals surface area contributed by atoms with Crippen LogP contribution < -0.4 is 5.32 Å². The molecule has 188 valence electrons. The second kappa shape index (κ2) is 10.4. The van der Waals surface area contributed by atoms with Crippen molar-refractivity contribution in [3.8, 4) is 5.69 Å². The van der Waals surface area contributed by atoms with Crippen LogP contribution in [0.3, 0.4) is 0 Å². The van der Waals surface area contributed by atoms with Gasteiger partial charge in [0.25, 0.3) is 5.91 Å². The summed E-state index contributed by atoms with van der Waals surface area (Å²) in [7, 11) is 0. The zero-order chi connectivity index (χ0) is 25.4. The molecule has 1 aliphatic heterocycles. The highest BCUT2D eigenvalue weighted by Gasteiger charge is 2.43. The first-order chi connectivity index (χ1) is 17.3. The summed E-state index contributed by atoms with van der Waals surface area (Å²) in [5.41, 5.74) is 6.31. The number of nitrogens with one attached hydrogen (secondary N) is 1. The third kappa shape index (κ3) is 4.83. The minimum atomic E-state index is -0.115. The number of halogens is 1. The van der Waals surface area contributed by atoms with Crippen molar-refractivity contribution in [2.24, 2.45) is 5.92 Å². The fourth-order valence-corrected chi connectivity index (χ4v) is 6.94. The first-order valence-electron chi connectivity index (χ1n) is 12.8. The molecule has 2 aromatic carbocycles. The van der Waals surface area contributed by atoms with Gasteiger partial charge in [-0.15, -0.1) is 0 Å². The number of anilines is 1. The molecule has 1 unspecified atom stereocenters. The van der Waals surface area contributed by atoms with Crippen LogP contribution in [0.1, 0.15) is 55.1 Å². The summed E-state index contributed by atoms with van der Waals surface area (Å²) in [4.78, 5) is 16.8. The molecule has 3 atom stereocenters. The van der Waals surface area contributed by atoms with Crippen LogP contribution >= 0.6 is 23.4 Å². The smallest absolute Gasteiger partial charge is 0.262 e. The molecule has 1 aromatic heterocycles. The number of hydrogen-bond donors (Lipinski definition) is 1. The summed E-state index contributed by atoms with van der Waals surface area (Å²) in [6.45, 7) is 8.52. The highest BCUT2D eigenvalue weighted by molar-refractivity contribution is 8.05. The summed E-state index contributed by atoms with van der Waals surface area (Å²) < 4.78 is 2.21. The fraction of sp³-hybridized carbons (Fsp3) is 0.367. The lowest BCUT2D eigenvalue weighted by Crippen LogP contribution is -2.48. The minimum Gasteiger partial charge on any atom is -0.356 e. The number of aryl methyl sites for hydroxylation is 2. The predicted molar refractivity (Wildman–Crippen MR) is 153 cm³/mol. The molecule has 0 spiro atoms. The number of hydrogen-bond acceptors (Lipinski definition) is 3. The van der Waals surface area contributed by atoms with E-state index in [1.807, 2.05) is 37.3 Å².